The van der Waals surface area contributed by atoms with Crippen molar-refractivity contribution < 1.29 is 9.90 Å². The van der Waals surface area contributed by atoms with E-state index in [9.17, 15) is 9.90 Å². The molecule has 28 heavy (non-hydrogen) atoms. The standard InChI is InChI=1S/C22H17ClN2O2S/c1-13-20(16-6-2-3-7-18(16)24-13)22(27)17-11-14(23)8-9-19(17)25(21(22)26)12-15-5-4-10-28-15/h2-11,24,27H,12H2,1H3/t22-/m0/s1. The molecule has 0 fully saturated rings. The first-order chi connectivity index (χ1) is 13.5. The summed E-state index contributed by atoms with van der Waals surface area (Å²) in [6, 6.07) is 16.9. The molecule has 0 radical (unpaired) electrons. The molecule has 5 rings (SSSR count). The van der Waals surface area contributed by atoms with E-state index in [1.165, 1.54) is 0 Å². The number of para-hydroxylation sites is 1. The van der Waals surface area contributed by atoms with Gasteiger partial charge < -0.3 is 15.0 Å². The Labute approximate surface area is 171 Å². The molecule has 0 aliphatic carbocycles. The van der Waals surface area contributed by atoms with Crippen molar-refractivity contribution in [2.24, 2.45) is 0 Å². The molecule has 4 aromatic rings. The number of anilines is 1. The van der Waals surface area contributed by atoms with Crippen LogP contribution >= 0.6 is 22.9 Å². The van der Waals surface area contributed by atoms with Crippen LogP contribution in [0.4, 0.5) is 5.69 Å². The van der Waals surface area contributed by atoms with Crippen LogP contribution in [0, 0.1) is 6.92 Å². The van der Waals surface area contributed by atoms with Crippen molar-refractivity contribution in [3.8, 4) is 0 Å². The highest BCUT2D eigenvalue weighted by Crippen LogP contribution is 2.48. The summed E-state index contributed by atoms with van der Waals surface area (Å²) < 4.78 is 0. The minimum absolute atomic E-state index is 0.356. The van der Waals surface area contributed by atoms with Crippen LogP contribution < -0.4 is 4.90 Å². The van der Waals surface area contributed by atoms with Crippen molar-refractivity contribution >= 4 is 45.4 Å². The Morgan fingerprint density at radius 3 is 2.79 bits per heavy atom. The first kappa shape index (κ1) is 17.5. The van der Waals surface area contributed by atoms with E-state index >= 15 is 0 Å². The molecule has 140 valence electrons. The average Bonchev–Trinajstić information content (AvgIpc) is 3.35. The number of fused-ring (bicyclic) bond motifs is 2. The second-order valence-corrected chi connectivity index (χ2v) is 8.48. The molecule has 1 atom stereocenters. The number of nitrogens with one attached hydrogen (secondary N) is 1. The van der Waals surface area contributed by atoms with Gasteiger partial charge in [-0.1, -0.05) is 35.9 Å². The number of H-pyrrole nitrogens is 1. The molecular weight excluding hydrogens is 392 g/mol. The molecule has 0 bridgehead atoms. The quantitative estimate of drug-likeness (QED) is 0.502. The Morgan fingerprint density at radius 1 is 1.18 bits per heavy atom. The molecule has 0 saturated carbocycles. The van der Waals surface area contributed by atoms with Gasteiger partial charge in [-0.15, -0.1) is 11.3 Å². The van der Waals surface area contributed by atoms with Crippen LogP contribution in [0.15, 0.2) is 60.0 Å². The van der Waals surface area contributed by atoms with Crippen LogP contribution in [0.2, 0.25) is 5.02 Å². The molecule has 0 saturated heterocycles. The van der Waals surface area contributed by atoms with Crippen molar-refractivity contribution in [3.05, 3.63) is 86.7 Å². The van der Waals surface area contributed by atoms with Crippen LogP contribution in [-0.4, -0.2) is 16.0 Å². The smallest absolute Gasteiger partial charge is 0.268 e. The van der Waals surface area contributed by atoms with E-state index in [1.54, 1.807) is 28.4 Å². The number of aromatic nitrogens is 1. The predicted octanol–water partition coefficient (Wildman–Crippen LogP) is 4.97. The number of rotatable bonds is 3. The zero-order valence-corrected chi connectivity index (χ0v) is 16.6. The zero-order chi connectivity index (χ0) is 19.5. The van der Waals surface area contributed by atoms with Gasteiger partial charge in [-0.3, -0.25) is 4.79 Å². The van der Waals surface area contributed by atoms with Gasteiger partial charge in [0.05, 0.1) is 12.2 Å². The van der Waals surface area contributed by atoms with Gasteiger partial charge in [-0.25, -0.2) is 0 Å². The van der Waals surface area contributed by atoms with E-state index in [4.69, 9.17) is 11.6 Å². The van der Waals surface area contributed by atoms with E-state index in [1.807, 2.05) is 54.8 Å². The minimum Gasteiger partial charge on any atom is -0.372 e. The maximum absolute atomic E-state index is 13.6. The van der Waals surface area contributed by atoms with Gasteiger partial charge in [0.15, 0.2) is 5.60 Å². The lowest BCUT2D eigenvalue weighted by Gasteiger charge is -2.24. The summed E-state index contributed by atoms with van der Waals surface area (Å²) in [5, 5.41) is 15.2. The summed E-state index contributed by atoms with van der Waals surface area (Å²) in [6.45, 7) is 2.29. The predicted molar refractivity (Wildman–Crippen MR) is 113 cm³/mol. The Kier molecular flexibility index (Phi) is 3.88. The van der Waals surface area contributed by atoms with Crippen LogP contribution in [-0.2, 0) is 16.9 Å². The number of carbonyl (C=O) groups excluding carboxylic acids is 1. The Balaban J connectivity index is 1.76. The molecular formula is C22H17ClN2O2S. The lowest BCUT2D eigenvalue weighted by molar-refractivity contribution is -0.132. The lowest BCUT2D eigenvalue weighted by Crippen LogP contribution is -2.41. The van der Waals surface area contributed by atoms with Gasteiger partial charge in [-0.2, -0.15) is 0 Å². The summed E-state index contributed by atoms with van der Waals surface area (Å²) in [7, 11) is 0. The van der Waals surface area contributed by atoms with E-state index in [0.717, 1.165) is 21.5 Å². The molecule has 0 unspecified atom stereocenters. The topological polar surface area (TPSA) is 56.3 Å². The average molecular weight is 409 g/mol. The van der Waals surface area contributed by atoms with E-state index in [-0.39, 0.29) is 5.91 Å². The van der Waals surface area contributed by atoms with Gasteiger partial charge in [0, 0.05) is 37.6 Å². The van der Waals surface area contributed by atoms with Gasteiger partial charge in [0.2, 0.25) is 0 Å². The maximum atomic E-state index is 13.6. The number of aromatic amines is 1. The van der Waals surface area contributed by atoms with Crippen LogP contribution in [0.3, 0.4) is 0 Å². The summed E-state index contributed by atoms with van der Waals surface area (Å²) >= 11 is 7.85. The third-order valence-electron chi connectivity index (χ3n) is 5.34. The maximum Gasteiger partial charge on any atom is 0.268 e. The van der Waals surface area contributed by atoms with Crippen molar-refractivity contribution in [3.63, 3.8) is 0 Å². The number of thiophene rings is 1. The Hall–Kier alpha value is -2.60. The number of hydrogen-bond donors (Lipinski definition) is 2. The van der Waals surface area contributed by atoms with Crippen LogP contribution in [0.5, 0.6) is 0 Å². The van der Waals surface area contributed by atoms with Crippen molar-refractivity contribution in [1.29, 1.82) is 0 Å². The van der Waals surface area contributed by atoms with Gasteiger partial charge in [-0.05, 0) is 42.6 Å². The highest BCUT2D eigenvalue weighted by Gasteiger charge is 2.53. The second kappa shape index (κ2) is 6.21. The largest absolute Gasteiger partial charge is 0.372 e. The fourth-order valence-corrected chi connectivity index (χ4v) is 5.02. The zero-order valence-electron chi connectivity index (χ0n) is 15.1. The van der Waals surface area contributed by atoms with E-state index in [0.29, 0.717) is 28.4 Å². The van der Waals surface area contributed by atoms with Crippen LogP contribution in [0.1, 0.15) is 21.7 Å². The van der Waals surface area contributed by atoms with Crippen molar-refractivity contribution in [2.45, 2.75) is 19.1 Å². The SMILES string of the molecule is Cc1[nH]c2ccccc2c1[C@]1(O)C(=O)N(Cc2cccs2)c2ccc(Cl)cc21. The molecule has 0 spiro atoms. The fourth-order valence-electron chi connectivity index (χ4n) is 4.15. The van der Waals surface area contributed by atoms with Crippen molar-refractivity contribution in [2.75, 3.05) is 4.90 Å². The van der Waals surface area contributed by atoms with Gasteiger partial charge in [0.1, 0.15) is 0 Å². The number of halogens is 1. The molecule has 4 nitrogen and oxygen atoms in total. The normalized spacial score (nSPS) is 18.8. The second-order valence-electron chi connectivity index (χ2n) is 7.01. The number of aliphatic hydroxyl groups is 1. The third-order valence-corrected chi connectivity index (χ3v) is 6.44. The molecule has 6 heteroatoms. The monoisotopic (exact) mass is 408 g/mol. The first-order valence-electron chi connectivity index (χ1n) is 8.94. The number of aryl methyl sites for hydroxylation is 1. The number of nitrogens with zero attached hydrogens (tertiary/aromatic N) is 1. The summed E-state index contributed by atoms with van der Waals surface area (Å²) in [5.74, 6) is -0.356. The minimum atomic E-state index is -1.79. The van der Waals surface area contributed by atoms with Crippen molar-refractivity contribution in [1.82, 2.24) is 4.98 Å². The third kappa shape index (κ3) is 2.37. The number of amides is 1. The summed E-state index contributed by atoms with van der Waals surface area (Å²) in [6.07, 6.45) is 0. The summed E-state index contributed by atoms with van der Waals surface area (Å²) in [5.41, 5.74) is 1.66. The molecule has 1 amide bonds. The van der Waals surface area contributed by atoms with Gasteiger partial charge >= 0.3 is 0 Å². The Morgan fingerprint density at radius 2 is 2.00 bits per heavy atom. The van der Waals surface area contributed by atoms with E-state index in [2.05, 4.69) is 4.98 Å². The molecule has 2 aromatic carbocycles. The highest BCUT2D eigenvalue weighted by molar-refractivity contribution is 7.09. The number of hydrogen-bond acceptors (Lipinski definition) is 3. The fraction of sp³-hybridized carbons (Fsp3) is 0.136. The van der Waals surface area contributed by atoms with E-state index < -0.39 is 5.60 Å². The molecule has 2 N–H and O–H groups in total. The number of carbonyl (C=O) groups is 1. The number of benzene rings is 2. The van der Waals surface area contributed by atoms with Gasteiger partial charge in [0.25, 0.3) is 5.91 Å². The lowest BCUT2D eigenvalue weighted by atomic mass is 9.85. The summed E-state index contributed by atoms with van der Waals surface area (Å²) in [4.78, 5) is 19.6. The first-order valence-corrected chi connectivity index (χ1v) is 10.2. The van der Waals surface area contributed by atoms with Crippen LogP contribution in [0.25, 0.3) is 10.9 Å². The molecule has 1 aliphatic rings. The Bertz CT molecular complexity index is 1210. The molecule has 2 aromatic heterocycles. The molecule has 3 heterocycles. The molecule has 1 aliphatic heterocycles. The highest BCUT2D eigenvalue weighted by atomic mass is 35.5.